The van der Waals surface area contributed by atoms with Gasteiger partial charge in [0.05, 0.1) is 17.6 Å². The van der Waals surface area contributed by atoms with Crippen molar-refractivity contribution in [2.45, 2.75) is 56.9 Å². The van der Waals surface area contributed by atoms with Crippen molar-refractivity contribution in [1.82, 2.24) is 0 Å². The van der Waals surface area contributed by atoms with Gasteiger partial charge in [0.1, 0.15) is 5.75 Å². The average Bonchev–Trinajstić information content (AvgIpc) is 2.95. The average molecular weight is 401 g/mol. The van der Waals surface area contributed by atoms with E-state index in [1.54, 1.807) is 24.1 Å². The molecule has 1 saturated heterocycles. The largest absolute Gasteiger partial charge is 0.481 e. The Morgan fingerprint density at radius 1 is 1.14 bits per heavy atom. The molecule has 1 aromatic carbocycles. The molecule has 1 saturated carbocycles. The molecule has 156 valence electrons. The summed E-state index contributed by atoms with van der Waals surface area (Å²) in [6.07, 6.45) is -3.38. The predicted molar refractivity (Wildman–Crippen MR) is 97.3 cm³/mol. The number of carbonyl (C=O) groups is 1. The van der Waals surface area contributed by atoms with Gasteiger partial charge in [-0.15, -0.1) is 0 Å². The van der Waals surface area contributed by atoms with E-state index >= 15 is 0 Å². The minimum Gasteiger partial charge on any atom is -0.481 e. The van der Waals surface area contributed by atoms with Crippen LogP contribution in [0.4, 0.5) is 18.9 Å². The van der Waals surface area contributed by atoms with E-state index in [0.29, 0.717) is 44.3 Å². The third-order valence-corrected chi connectivity index (χ3v) is 5.99. The number of benzene rings is 1. The summed E-state index contributed by atoms with van der Waals surface area (Å²) in [6, 6.07) is 6.13. The normalized spacial score (nSPS) is 29.4. The molecular weight excluding hydrogens is 375 g/mol. The van der Waals surface area contributed by atoms with Crippen molar-refractivity contribution in [3.05, 3.63) is 24.3 Å². The van der Waals surface area contributed by atoms with Crippen molar-refractivity contribution in [1.29, 1.82) is 0 Å². The lowest BCUT2D eigenvalue weighted by atomic mass is 9.68. The Labute approximate surface area is 162 Å². The first-order chi connectivity index (χ1) is 13.1. The molecule has 0 bridgehead atoms. The number of rotatable bonds is 5. The molecule has 1 aliphatic carbocycles. The second-order valence-electron chi connectivity index (χ2n) is 7.94. The Bertz CT molecular complexity index is 696. The molecule has 0 radical (unpaired) electrons. The Hall–Kier alpha value is -1.80. The molecule has 5 nitrogen and oxygen atoms in total. The maximum atomic E-state index is 13.1. The van der Waals surface area contributed by atoms with Gasteiger partial charge in [-0.25, -0.2) is 0 Å². The molecule has 1 heterocycles. The molecule has 0 aromatic heterocycles. The Morgan fingerprint density at radius 2 is 1.75 bits per heavy atom. The maximum Gasteiger partial charge on any atom is 0.425 e. The third-order valence-electron chi connectivity index (χ3n) is 5.99. The first-order valence-electron chi connectivity index (χ1n) is 9.45. The smallest absolute Gasteiger partial charge is 0.425 e. The molecule has 2 fully saturated rings. The van der Waals surface area contributed by atoms with Gasteiger partial charge in [0.2, 0.25) is 5.91 Å². The number of anilines is 1. The summed E-state index contributed by atoms with van der Waals surface area (Å²) < 4.78 is 47.8. The summed E-state index contributed by atoms with van der Waals surface area (Å²) in [6.45, 7) is 1.77. The van der Waals surface area contributed by atoms with E-state index in [0.717, 1.165) is 6.92 Å². The summed E-state index contributed by atoms with van der Waals surface area (Å²) in [4.78, 5) is 14.8. The van der Waals surface area contributed by atoms with Gasteiger partial charge >= 0.3 is 6.18 Å². The van der Waals surface area contributed by atoms with Crippen LogP contribution in [0.1, 0.15) is 39.0 Å². The quantitative estimate of drug-likeness (QED) is 0.818. The number of carbonyl (C=O) groups excluding carboxylic acids is 1. The third kappa shape index (κ3) is 4.12. The minimum atomic E-state index is -4.43. The lowest BCUT2D eigenvalue weighted by molar-refractivity contribution is -0.189. The van der Waals surface area contributed by atoms with Gasteiger partial charge in [-0.3, -0.25) is 4.79 Å². The highest BCUT2D eigenvalue weighted by Crippen LogP contribution is 2.48. The number of ether oxygens (including phenoxy) is 2. The van der Waals surface area contributed by atoms with Crippen LogP contribution in [0.5, 0.6) is 5.75 Å². The fourth-order valence-corrected chi connectivity index (χ4v) is 4.11. The molecule has 1 N–H and O–H groups in total. The van der Waals surface area contributed by atoms with Crippen molar-refractivity contribution < 1.29 is 32.5 Å². The van der Waals surface area contributed by atoms with Gasteiger partial charge in [0.15, 0.2) is 6.10 Å². The van der Waals surface area contributed by atoms with Crippen molar-refractivity contribution >= 4 is 11.6 Å². The van der Waals surface area contributed by atoms with Crippen LogP contribution in [-0.4, -0.2) is 49.2 Å². The topological polar surface area (TPSA) is 59.0 Å². The molecule has 1 aliphatic heterocycles. The fourth-order valence-electron chi connectivity index (χ4n) is 4.11. The van der Waals surface area contributed by atoms with Crippen LogP contribution in [0.15, 0.2) is 24.3 Å². The van der Waals surface area contributed by atoms with E-state index in [4.69, 9.17) is 9.47 Å². The van der Waals surface area contributed by atoms with Crippen molar-refractivity contribution in [2.75, 3.05) is 25.2 Å². The maximum absolute atomic E-state index is 13.1. The number of hydrogen-bond donors (Lipinski definition) is 1. The zero-order valence-electron chi connectivity index (χ0n) is 16.1. The van der Waals surface area contributed by atoms with Gasteiger partial charge in [-0.05, 0) is 63.3 Å². The molecule has 1 amide bonds. The van der Waals surface area contributed by atoms with Crippen LogP contribution < -0.4 is 9.64 Å². The van der Waals surface area contributed by atoms with Crippen LogP contribution in [-0.2, 0) is 9.53 Å². The van der Waals surface area contributed by atoms with Gasteiger partial charge in [0, 0.05) is 19.3 Å². The molecule has 1 spiro atoms. The SMILES string of the molecule is COCC1(O)CCC2(CCN(c3ccc(O[C@H](C)C(F)(F)F)cc3)C2=O)CC1. The lowest BCUT2D eigenvalue weighted by Gasteiger charge is -2.40. The zero-order valence-corrected chi connectivity index (χ0v) is 16.1. The van der Waals surface area contributed by atoms with E-state index < -0.39 is 23.3 Å². The van der Waals surface area contributed by atoms with E-state index in [-0.39, 0.29) is 18.3 Å². The first-order valence-corrected chi connectivity index (χ1v) is 9.45. The Balaban J connectivity index is 1.65. The van der Waals surface area contributed by atoms with Crippen LogP contribution >= 0.6 is 0 Å². The van der Waals surface area contributed by atoms with Crippen LogP contribution in [0.2, 0.25) is 0 Å². The summed E-state index contributed by atoms with van der Waals surface area (Å²) in [5, 5.41) is 10.5. The van der Waals surface area contributed by atoms with Gasteiger partial charge in [-0.2, -0.15) is 13.2 Å². The summed E-state index contributed by atoms with van der Waals surface area (Å²) >= 11 is 0. The van der Waals surface area contributed by atoms with Crippen molar-refractivity contribution in [3.8, 4) is 5.75 Å². The highest BCUT2D eigenvalue weighted by molar-refractivity contribution is 6.00. The van der Waals surface area contributed by atoms with Crippen LogP contribution in [0.3, 0.4) is 0 Å². The highest BCUT2D eigenvalue weighted by atomic mass is 19.4. The number of halogens is 3. The predicted octanol–water partition coefficient (Wildman–Crippen LogP) is 3.69. The first kappa shape index (κ1) is 20.9. The van der Waals surface area contributed by atoms with Gasteiger partial charge in [-0.1, -0.05) is 0 Å². The lowest BCUT2D eigenvalue weighted by Crippen LogP contribution is -2.45. The van der Waals surface area contributed by atoms with E-state index in [1.807, 2.05) is 0 Å². The van der Waals surface area contributed by atoms with Crippen molar-refractivity contribution in [2.24, 2.45) is 5.41 Å². The number of nitrogens with zero attached hydrogens (tertiary/aromatic N) is 1. The Morgan fingerprint density at radius 3 is 2.29 bits per heavy atom. The number of amides is 1. The molecule has 0 unspecified atom stereocenters. The molecule has 2 aliphatic rings. The highest BCUT2D eigenvalue weighted by Gasteiger charge is 2.51. The monoisotopic (exact) mass is 401 g/mol. The van der Waals surface area contributed by atoms with Gasteiger partial charge in [0.25, 0.3) is 0 Å². The second-order valence-corrected chi connectivity index (χ2v) is 7.94. The molecule has 1 aromatic rings. The Kier molecular flexibility index (Phi) is 5.64. The fraction of sp³-hybridized carbons (Fsp3) is 0.650. The molecule has 3 rings (SSSR count). The summed E-state index contributed by atoms with van der Waals surface area (Å²) in [5.74, 6) is 0.126. The number of alkyl halides is 3. The summed E-state index contributed by atoms with van der Waals surface area (Å²) in [7, 11) is 1.55. The summed E-state index contributed by atoms with van der Waals surface area (Å²) in [5.41, 5.74) is -0.700. The molecule has 8 heteroatoms. The number of aliphatic hydroxyl groups is 1. The van der Waals surface area contributed by atoms with Crippen molar-refractivity contribution in [3.63, 3.8) is 0 Å². The van der Waals surface area contributed by atoms with Crippen LogP contribution in [0.25, 0.3) is 0 Å². The zero-order chi connectivity index (χ0) is 20.6. The standard InChI is InChI=1S/C20H26F3NO4/c1-14(20(21,22)23)28-16-5-3-15(4-6-16)24-12-11-18(17(24)25)7-9-19(26,10-8-18)13-27-2/h3-6,14,26H,7-13H2,1-2H3/t14-,18?,19?/m1/s1. The molecular formula is C20H26F3NO4. The second kappa shape index (κ2) is 7.55. The minimum absolute atomic E-state index is 0.0179. The van der Waals surface area contributed by atoms with E-state index in [1.165, 1.54) is 12.1 Å². The van der Waals surface area contributed by atoms with Crippen LogP contribution in [0, 0.1) is 5.41 Å². The number of methoxy groups -OCH3 is 1. The molecule has 1 atom stereocenters. The van der Waals surface area contributed by atoms with Gasteiger partial charge < -0.3 is 19.5 Å². The number of hydrogen-bond acceptors (Lipinski definition) is 4. The van der Waals surface area contributed by atoms with E-state index in [2.05, 4.69) is 0 Å². The van der Waals surface area contributed by atoms with E-state index in [9.17, 15) is 23.1 Å². The molecule has 28 heavy (non-hydrogen) atoms.